The van der Waals surface area contributed by atoms with Crippen molar-refractivity contribution in [1.82, 2.24) is 19.9 Å². The Morgan fingerprint density at radius 3 is 2.85 bits per heavy atom. The Labute approximate surface area is 152 Å². The van der Waals surface area contributed by atoms with Crippen molar-refractivity contribution in [2.45, 2.75) is 31.8 Å². The minimum atomic E-state index is -0.538. The quantitative estimate of drug-likeness (QED) is 0.769. The van der Waals surface area contributed by atoms with Crippen LogP contribution in [0.3, 0.4) is 0 Å². The fourth-order valence-electron chi connectivity index (χ4n) is 3.05. The molecular weight excluding hydrogens is 332 g/mol. The van der Waals surface area contributed by atoms with Crippen LogP contribution in [0.15, 0.2) is 42.6 Å². The molecule has 0 N–H and O–H groups in total. The van der Waals surface area contributed by atoms with Crippen LogP contribution in [0.25, 0.3) is 6.08 Å². The molecule has 136 valence electrons. The van der Waals surface area contributed by atoms with Gasteiger partial charge in [0.15, 0.2) is 5.69 Å². The summed E-state index contributed by atoms with van der Waals surface area (Å²) in [5.74, 6) is -0.658. The van der Waals surface area contributed by atoms with Crippen LogP contribution in [0, 0.1) is 0 Å². The number of hydrogen-bond acceptors (Lipinski definition) is 5. The van der Waals surface area contributed by atoms with Crippen LogP contribution in [0.5, 0.6) is 0 Å². The van der Waals surface area contributed by atoms with E-state index in [0.717, 1.165) is 18.4 Å². The van der Waals surface area contributed by atoms with Gasteiger partial charge in [0.25, 0.3) is 5.91 Å². The monoisotopic (exact) mass is 354 g/mol. The lowest BCUT2D eigenvalue weighted by atomic mass is 10.0. The minimum absolute atomic E-state index is 0.244. The van der Waals surface area contributed by atoms with Crippen molar-refractivity contribution >= 4 is 18.0 Å². The van der Waals surface area contributed by atoms with Crippen LogP contribution in [-0.4, -0.2) is 51.5 Å². The normalized spacial score (nSPS) is 17.4. The molecule has 0 radical (unpaired) electrons. The second-order valence-electron chi connectivity index (χ2n) is 6.17. The van der Waals surface area contributed by atoms with Crippen LogP contribution in [0.1, 0.15) is 35.3 Å². The average molecular weight is 354 g/mol. The predicted octanol–water partition coefficient (Wildman–Crippen LogP) is 2.16. The molecule has 1 saturated heterocycles. The van der Waals surface area contributed by atoms with Crippen LogP contribution >= 0.6 is 0 Å². The van der Waals surface area contributed by atoms with Crippen LogP contribution in [0.4, 0.5) is 0 Å². The van der Waals surface area contributed by atoms with Gasteiger partial charge in [0.1, 0.15) is 6.04 Å². The second kappa shape index (κ2) is 8.42. The summed E-state index contributed by atoms with van der Waals surface area (Å²) in [6.45, 7) is 1.04. The molecule has 0 spiro atoms. The largest absolute Gasteiger partial charge is 0.467 e. The molecule has 2 heterocycles. The second-order valence-corrected chi connectivity index (χ2v) is 6.17. The van der Waals surface area contributed by atoms with E-state index in [1.165, 1.54) is 7.11 Å². The van der Waals surface area contributed by atoms with Gasteiger partial charge < -0.3 is 9.64 Å². The van der Waals surface area contributed by atoms with Crippen molar-refractivity contribution in [2.75, 3.05) is 13.7 Å². The first-order valence-electron chi connectivity index (χ1n) is 8.69. The fraction of sp³-hybridized carbons (Fsp3) is 0.368. The molecular formula is C19H22N4O3. The molecule has 0 bridgehead atoms. The van der Waals surface area contributed by atoms with Gasteiger partial charge in [-0.3, -0.25) is 4.79 Å². The van der Waals surface area contributed by atoms with Crippen molar-refractivity contribution < 1.29 is 14.3 Å². The molecule has 0 aliphatic carbocycles. The topological polar surface area (TPSA) is 77.3 Å². The number of likely N-dealkylation sites (tertiary alicyclic amines) is 1. The summed E-state index contributed by atoms with van der Waals surface area (Å²) in [5.41, 5.74) is 1.34. The van der Waals surface area contributed by atoms with E-state index in [1.54, 1.807) is 15.8 Å². The molecule has 1 unspecified atom stereocenters. The Morgan fingerprint density at radius 1 is 1.27 bits per heavy atom. The maximum Gasteiger partial charge on any atom is 0.328 e. The van der Waals surface area contributed by atoms with Gasteiger partial charge in [0.2, 0.25) is 0 Å². The van der Waals surface area contributed by atoms with Gasteiger partial charge in [0.05, 0.1) is 19.9 Å². The highest BCUT2D eigenvalue weighted by atomic mass is 16.5. The highest BCUT2D eigenvalue weighted by molar-refractivity contribution is 5.95. The highest BCUT2D eigenvalue weighted by Gasteiger charge is 2.34. The molecule has 1 aromatic heterocycles. The van der Waals surface area contributed by atoms with Gasteiger partial charge in [-0.1, -0.05) is 47.7 Å². The van der Waals surface area contributed by atoms with Gasteiger partial charge in [-0.05, 0) is 24.8 Å². The molecule has 1 aliphatic rings. The first kappa shape index (κ1) is 17.8. The number of aromatic nitrogens is 3. The molecule has 26 heavy (non-hydrogen) atoms. The van der Waals surface area contributed by atoms with Gasteiger partial charge in [-0.2, -0.15) is 0 Å². The number of carbonyl (C=O) groups is 2. The van der Waals surface area contributed by atoms with Crippen molar-refractivity contribution in [3.8, 4) is 0 Å². The summed E-state index contributed by atoms with van der Waals surface area (Å²) in [6.07, 6.45) is 7.94. The summed E-state index contributed by atoms with van der Waals surface area (Å²) in [6, 6.07) is 9.40. The third-order valence-electron chi connectivity index (χ3n) is 4.40. The number of rotatable bonds is 5. The zero-order valence-electron chi connectivity index (χ0n) is 14.7. The van der Waals surface area contributed by atoms with E-state index in [9.17, 15) is 9.59 Å². The fourth-order valence-corrected chi connectivity index (χ4v) is 3.05. The van der Waals surface area contributed by atoms with E-state index in [-0.39, 0.29) is 17.6 Å². The van der Waals surface area contributed by atoms with E-state index in [0.29, 0.717) is 19.5 Å². The molecule has 1 fully saturated rings. The molecule has 0 saturated carbocycles. The van der Waals surface area contributed by atoms with E-state index >= 15 is 0 Å². The Balaban J connectivity index is 1.65. The number of methoxy groups -OCH3 is 1. The molecule has 3 rings (SSSR count). The highest BCUT2D eigenvalue weighted by Crippen LogP contribution is 2.20. The lowest BCUT2D eigenvalue weighted by Crippen LogP contribution is -2.48. The van der Waals surface area contributed by atoms with E-state index in [4.69, 9.17) is 4.74 Å². The molecule has 7 nitrogen and oxygen atoms in total. The number of piperidine rings is 1. The van der Waals surface area contributed by atoms with Crippen LogP contribution < -0.4 is 0 Å². The maximum atomic E-state index is 12.7. The molecule has 1 aliphatic heterocycles. The Hall–Kier alpha value is -2.96. The molecule has 7 heteroatoms. The van der Waals surface area contributed by atoms with Crippen molar-refractivity contribution in [1.29, 1.82) is 0 Å². The SMILES string of the molecule is COC(=O)C1CCCCN1C(=O)c1cn(C/C=C/c2ccccc2)nn1. The number of hydrogen-bond donors (Lipinski definition) is 0. The summed E-state index contributed by atoms with van der Waals surface area (Å²) >= 11 is 0. The smallest absolute Gasteiger partial charge is 0.328 e. The summed E-state index contributed by atoms with van der Waals surface area (Å²) in [5, 5.41) is 7.98. The standard InChI is InChI=1S/C19H22N4O3/c1-26-19(25)17-11-5-6-13-23(17)18(24)16-14-22(21-20-16)12-7-10-15-8-3-2-4-9-15/h2-4,7-10,14,17H,5-6,11-13H2,1H3/b10-7+. The average Bonchev–Trinajstić information content (AvgIpc) is 3.16. The summed E-state index contributed by atoms with van der Waals surface area (Å²) in [4.78, 5) is 26.2. The van der Waals surface area contributed by atoms with Gasteiger partial charge in [-0.15, -0.1) is 5.10 Å². The third-order valence-corrected chi connectivity index (χ3v) is 4.40. The summed E-state index contributed by atoms with van der Waals surface area (Å²) < 4.78 is 6.42. The predicted molar refractivity (Wildman–Crippen MR) is 96.2 cm³/mol. The number of nitrogens with zero attached hydrogens (tertiary/aromatic N) is 4. The first-order valence-corrected chi connectivity index (χ1v) is 8.69. The van der Waals surface area contributed by atoms with E-state index in [1.807, 2.05) is 42.5 Å². The lowest BCUT2D eigenvalue weighted by molar-refractivity contribution is -0.147. The molecule has 1 aromatic carbocycles. The Morgan fingerprint density at radius 2 is 2.08 bits per heavy atom. The van der Waals surface area contributed by atoms with Crippen LogP contribution in [0.2, 0.25) is 0 Å². The zero-order chi connectivity index (χ0) is 18.4. The number of allylic oxidation sites excluding steroid dienone is 1. The molecule has 1 atom stereocenters. The van der Waals surface area contributed by atoms with Crippen molar-refractivity contribution in [3.05, 3.63) is 53.9 Å². The van der Waals surface area contributed by atoms with E-state index in [2.05, 4.69) is 10.3 Å². The summed E-state index contributed by atoms with van der Waals surface area (Å²) in [7, 11) is 1.34. The minimum Gasteiger partial charge on any atom is -0.467 e. The van der Waals surface area contributed by atoms with Gasteiger partial charge in [0, 0.05) is 6.54 Å². The Bertz CT molecular complexity index is 785. The zero-order valence-corrected chi connectivity index (χ0v) is 14.7. The Kier molecular flexibility index (Phi) is 5.78. The van der Waals surface area contributed by atoms with Crippen molar-refractivity contribution in [3.63, 3.8) is 0 Å². The molecule has 1 amide bonds. The van der Waals surface area contributed by atoms with E-state index < -0.39 is 6.04 Å². The maximum absolute atomic E-state index is 12.7. The van der Waals surface area contributed by atoms with Crippen molar-refractivity contribution in [2.24, 2.45) is 0 Å². The van der Waals surface area contributed by atoms with Crippen LogP contribution in [-0.2, 0) is 16.1 Å². The first-order chi connectivity index (χ1) is 12.7. The molecule has 2 aromatic rings. The van der Waals surface area contributed by atoms with Gasteiger partial charge >= 0.3 is 5.97 Å². The number of benzene rings is 1. The number of amides is 1. The number of ether oxygens (including phenoxy) is 1. The number of carbonyl (C=O) groups excluding carboxylic acids is 2. The van der Waals surface area contributed by atoms with Gasteiger partial charge in [-0.25, -0.2) is 9.48 Å². The third kappa shape index (κ3) is 4.17. The number of esters is 1. The lowest BCUT2D eigenvalue weighted by Gasteiger charge is -2.33.